The van der Waals surface area contributed by atoms with Gasteiger partial charge >= 0.3 is 0 Å². The van der Waals surface area contributed by atoms with Crippen molar-refractivity contribution in [2.45, 2.75) is 45.7 Å². The van der Waals surface area contributed by atoms with Gasteiger partial charge in [0.1, 0.15) is 18.1 Å². The van der Waals surface area contributed by atoms with Crippen molar-refractivity contribution >= 4 is 11.8 Å². The van der Waals surface area contributed by atoms with E-state index in [1.165, 1.54) is 12.5 Å². The Balaban J connectivity index is 1.83. The Hall–Kier alpha value is -3.26. The molecule has 1 aromatic carbocycles. The zero-order chi connectivity index (χ0) is 21.4. The lowest BCUT2D eigenvalue weighted by Gasteiger charge is -2.18. The number of nitrogens with two attached hydrogens (primary N) is 1. The summed E-state index contributed by atoms with van der Waals surface area (Å²) in [5.74, 6) is -0.576. The number of phenols is 1. The zero-order valence-corrected chi connectivity index (χ0v) is 16.8. The molecular formula is C21H27N5O3. The number of aromatic hydroxyl groups is 1. The maximum absolute atomic E-state index is 12.4. The van der Waals surface area contributed by atoms with Crippen molar-refractivity contribution in [3.8, 4) is 5.75 Å². The quantitative estimate of drug-likeness (QED) is 0.527. The number of hydrogen-bond acceptors (Lipinski definition) is 6. The molecule has 1 aromatic heterocycles. The van der Waals surface area contributed by atoms with Gasteiger partial charge in [-0.1, -0.05) is 6.08 Å². The largest absolute Gasteiger partial charge is 0.508 e. The van der Waals surface area contributed by atoms with E-state index in [1.807, 2.05) is 13.8 Å². The van der Waals surface area contributed by atoms with Gasteiger partial charge in [-0.05, 0) is 68.0 Å². The number of rotatable bonds is 8. The van der Waals surface area contributed by atoms with Gasteiger partial charge in [0, 0.05) is 18.6 Å². The number of allylic oxidation sites excluding steroid dienone is 1. The first kappa shape index (κ1) is 22.0. The van der Waals surface area contributed by atoms with Crippen LogP contribution in [0.3, 0.4) is 0 Å². The van der Waals surface area contributed by atoms with Gasteiger partial charge in [0.15, 0.2) is 0 Å². The highest BCUT2D eigenvalue weighted by Crippen LogP contribution is 2.21. The number of aromatic nitrogens is 2. The van der Waals surface area contributed by atoms with E-state index in [9.17, 15) is 14.7 Å². The van der Waals surface area contributed by atoms with E-state index in [2.05, 4.69) is 20.6 Å². The molecule has 0 aliphatic carbocycles. The summed E-state index contributed by atoms with van der Waals surface area (Å²) >= 11 is 0. The van der Waals surface area contributed by atoms with Crippen molar-refractivity contribution in [3.05, 3.63) is 65.4 Å². The number of carbonyl (C=O) groups excluding carboxylic acids is 2. The average Bonchev–Trinajstić information content (AvgIpc) is 2.68. The molecule has 2 aromatic rings. The predicted molar refractivity (Wildman–Crippen MR) is 110 cm³/mol. The van der Waals surface area contributed by atoms with Crippen molar-refractivity contribution in [2.75, 3.05) is 0 Å². The number of nitrogens with one attached hydrogen (secondary N) is 2. The Bertz CT molecular complexity index is 860. The summed E-state index contributed by atoms with van der Waals surface area (Å²) < 4.78 is 0. The van der Waals surface area contributed by atoms with Crippen LogP contribution in [0.4, 0.5) is 0 Å². The van der Waals surface area contributed by atoms with Crippen molar-refractivity contribution in [1.29, 1.82) is 0 Å². The van der Waals surface area contributed by atoms with Crippen LogP contribution in [0.25, 0.3) is 0 Å². The second-order valence-corrected chi connectivity index (χ2v) is 6.96. The van der Waals surface area contributed by atoms with E-state index < -0.39 is 18.0 Å². The monoisotopic (exact) mass is 397 g/mol. The normalized spacial score (nSPS) is 13.1. The second-order valence-electron chi connectivity index (χ2n) is 6.96. The van der Waals surface area contributed by atoms with Gasteiger partial charge in [-0.2, -0.15) is 0 Å². The van der Waals surface area contributed by atoms with E-state index in [0.717, 1.165) is 22.3 Å². The number of benzene rings is 1. The fourth-order valence-electron chi connectivity index (χ4n) is 2.89. The number of phenolic OH excluding ortho intramolecular Hbond substituents is 1. The van der Waals surface area contributed by atoms with Crippen LogP contribution in [0.5, 0.6) is 5.75 Å². The Morgan fingerprint density at radius 3 is 2.41 bits per heavy atom. The van der Waals surface area contributed by atoms with Crippen molar-refractivity contribution in [1.82, 2.24) is 20.6 Å². The molecule has 8 nitrogen and oxygen atoms in total. The summed E-state index contributed by atoms with van der Waals surface area (Å²) in [5, 5.41) is 14.9. The molecule has 1 unspecified atom stereocenters. The molecule has 0 saturated heterocycles. The Morgan fingerprint density at radius 1 is 1.17 bits per heavy atom. The van der Waals surface area contributed by atoms with Gasteiger partial charge in [-0.25, -0.2) is 9.97 Å². The molecule has 2 rings (SSSR count). The first-order valence-electron chi connectivity index (χ1n) is 9.32. The van der Waals surface area contributed by atoms with Crippen molar-refractivity contribution < 1.29 is 14.7 Å². The molecule has 8 heteroatoms. The van der Waals surface area contributed by atoms with E-state index in [0.29, 0.717) is 12.8 Å². The maximum atomic E-state index is 12.4. The standard InChI is InChI=1S/C21H27N5O3/c1-13-7-17(27)8-14(2)18(13)9-19(22)21(29)26-15(3)20(28)25-6-4-5-16-10-23-12-24-11-16/h4,6-8,10-12,15,19,27H,5,9,22H2,1-3H3,(H,25,28)(H,26,29)/b6-4+/t15-,19?/m1/s1. The molecule has 0 aliphatic rings. The van der Waals surface area contributed by atoms with Crippen LogP contribution >= 0.6 is 0 Å². The lowest BCUT2D eigenvalue weighted by atomic mass is 9.96. The maximum Gasteiger partial charge on any atom is 0.246 e. The molecule has 0 saturated carbocycles. The van der Waals surface area contributed by atoms with Gasteiger partial charge in [0.2, 0.25) is 11.8 Å². The van der Waals surface area contributed by atoms with Gasteiger partial charge in [-0.15, -0.1) is 0 Å². The molecule has 2 amide bonds. The number of nitrogens with zero attached hydrogens (tertiary/aromatic N) is 2. The third kappa shape index (κ3) is 6.69. The molecule has 2 atom stereocenters. The summed E-state index contributed by atoms with van der Waals surface area (Å²) in [6.07, 6.45) is 9.04. The third-order valence-electron chi connectivity index (χ3n) is 4.50. The van der Waals surface area contributed by atoms with Crippen molar-refractivity contribution in [3.63, 3.8) is 0 Å². The molecule has 0 fully saturated rings. The van der Waals surface area contributed by atoms with E-state index >= 15 is 0 Å². The Kier molecular flexibility index (Phi) is 7.85. The molecule has 154 valence electrons. The number of hydrogen-bond donors (Lipinski definition) is 4. The lowest BCUT2D eigenvalue weighted by molar-refractivity contribution is -0.128. The molecule has 0 spiro atoms. The SMILES string of the molecule is Cc1cc(O)cc(C)c1CC(N)C(=O)N[C@H](C)C(=O)N/C=C/Cc1cncnc1. The second kappa shape index (κ2) is 10.3. The van der Waals surface area contributed by atoms with Gasteiger partial charge < -0.3 is 21.5 Å². The fourth-order valence-corrected chi connectivity index (χ4v) is 2.89. The summed E-state index contributed by atoms with van der Waals surface area (Å²) in [4.78, 5) is 32.3. The Morgan fingerprint density at radius 2 is 1.79 bits per heavy atom. The minimum Gasteiger partial charge on any atom is -0.508 e. The smallest absolute Gasteiger partial charge is 0.246 e. The summed E-state index contributed by atoms with van der Waals surface area (Å²) in [5.41, 5.74) is 9.59. The summed E-state index contributed by atoms with van der Waals surface area (Å²) in [6, 6.07) is 1.73. The van der Waals surface area contributed by atoms with Crippen LogP contribution in [-0.2, 0) is 22.4 Å². The first-order valence-corrected chi connectivity index (χ1v) is 9.32. The van der Waals surface area contributed by atoms with Gasteiger partial charge in [0.05, 0.1) is 6.04 Å². The number of carbonyl (C=O) groups is 2. The number of amides is 2. The lowest BCUT2D eigenvalue weighted by Crippen LogP contribution is -2.50. The minimum absolute atomic E-state index is 0.180. The van der Waals surface area contributed by atoms with Crippen LogP contribution in [0.1, 0.15) is 29.2 Å². The summed E-state index contributed by atoms with van der Waals surface area (Å²) in [6.45, 7) is 5.31. The first-order chi connectivity index (χ1) is 13.8. The fraction of sp³-hybridized carbons (Fsp3) is 0.333. The van der Waals surface area contributed by atoms with E-state index in [1.54, 1.807) is 37.5 Å². The highest BCUT2D eigenvalue weighted by atomic mass is 16.3. The third-order valence-corrected chi connectivity index (χ3v) is 4.50. The molecule has 0 radical (unpaired) electrons. The molecular weight excluding hydrogens is 370 g/mol. The van der Waals surface area contributed by atoms with Gasteiger partial charge in [-0.3, -0.25) is 9.59 Å². The van der Waals surface area contributed by atoms with Crippen LogP contribution in [-0.4, -0.2) is 39.0 Å². The highest BCUT2D eigenvalue weighted by Gasteiger charge is 2.21. The molecule has 0 aliphatic heterocycles. The minimum atomic E-state index is -0.805. The van der Waals surface area contributed by atoms with Gasteiger partial charge in [0.25, 0.3) is 0 Å². The van der Waals surface area contributed by atoms with Crippen LogP contribution in [0.2, 0.25) is 0 Å². The molecule has 29 heavy (non-hydrogen) atoms. The van der Waals surface area contributed by atoms with Crippen LogP contribution in [0, 0.1) is 13.8 Å². The highest BCUT2D eigenvalue weighted by molar-refractivity contribution is 5.89. The Labute approximate surface area is 170 Å². The molecule has 1 heterocycles. The molecule has 5 N–H and O–H groups in total. The van der Waals surface area contributed by atoms with Crippen LogP contribution < -0.4 is 16.4 Å². The predicted octanol–water partition coefficient (Wildman–Crippen LogP) is 1.05. The average molecular weight is 397 g/mol. The van der Waals surface area contributed by atoms with Crippen LogP contribution in [0.15, 0.2) is 43.1 Å². The van der Waals surface area contributed by atoms with E-state index in [-0.39, 0.29) is 11.7 Å². The topological polar surface area (TPSA) is 130 Å². The van der Waals surface area contributed by atoms with Crippen molar-refractivity contribution in [2.24, 2.45) is 5.73 Å². The molecule has 0 bridgehead atoms. The van der Waals surface area contributed by atoms with E-state index in [4.69, 9.17) is 5.73 Å². The number of aryl methyl sites for hydroxylation is 2. The summed E-state index contributed by atoms with van der Waals surface area (Å²) in [7, 11) is 0. The zero-order valence-electron chi connectivity index (χ0n) is 16.8.